The molecule has 0 bridgehead atoms. The number of aliphatic carboxylic acids is 1. The molecule has 1 aliphatic rings. The summed E-state index contributed by atoms with van der Waals surface area (Å²) >= 11 is 0. The molecule has 0 saturated carbocycles. The van der Waals surface area contributed by atoms with Gasteiger partial charge in [-0.25, -0.2) is 0 Å². The van der Waals surface area contributed by atoms with Crippen LogP contribution in [0.25, 0.3) is 0 Å². The summed E-state index contributed by atoms with van der Waals surface area (Å²) in [6.45, 7) is 1.56. The quantitative estimate of drug-likeness (QED) is 0.630. The summed E-state index contributed by atoms with van der Waals surface area (Å²) in [5.41, 5.74) is 0. The number of hydrogen-bond acceptors (Lipinski definition) is 3. The van der Waals surface area contributed by atoms with Crippen molar-refractivity contribution in [3.63, 3.8) is 0 Å². The van der Waals surface area contributed by atoms with Crippen molar-refractivity contribution in [3.05, 3.63) is 12.3 Å². The van der Waals surface area contributed by atoms with Gasteiger partial charge in [-0.2, -0.15) is 0 Å². The van der Waals surface area contributed by atoms with Crippen molar-refractivity contribution in [1.29, 1.82) is 0 Å². The van der Waals surface area contributed by atoms with Crippen molar-refractivity contribution in [1.82, 2.24) is 5.32 Å². The van der Waals surface area contributed by atoms with Crippen LogP contribution >= 0.6 is 0 Å². The Hall–Kier alpha value is -1.03. The highest BCUT2D eigenvalue weighted by Gasteiger charge is 2.09. The van der Waals surface area contributed by atoms with E-state index in [1.165, 1.54) is 0 Å². The minimum absolute atomic E-state index is 0.235. The molecule has 0 fully saturated rings. The maximum Gasteiger partial charge on any atom is 0.303 e. The van der Waals surface area contributed by atoms with Crippen LogP contribution in [-0.2, 0) is 9.53 Å². The van der Waals surface area contributed by atoms with Crippen molar-refractivity contribution in [2.75, 3.05) is 13.1 Å². The van der Waals surface area contributed by atoms with Crippen LogP contribution in [-0.4, -0.2) is 30.3 Å². The first kappa shape index (κ1) is 11.0. The summed E-state index contributed by atoms with van der Waals surface area (Å²) < 4.78 is 5.35. The second kappa shape index (κ2) is 6.43. The van der Waals surface area contributed by atoms with Crippen LogP contribution in [0.4, 0.5) is 0 Å². The number of carboxylic acid groups (broad SMARTS) is 1. The molecule has 80 valence electrons. The third kappa shape index (κ3) is 4.87. The average molecular weight is 199 g/mol. The number of rotatable bonds is 6. The topological polar surface area (TPSA) is 58.6 Å². The van der Waals surface area contributed by atoms with Gasteiger partial charge in [0.25, 0.3) is 0 Å². The first-order valence-corrected chi connectivity index (χ1v) is 5.02. The Morgan fingerprint density at radius 3 is 3.14 bits per heavy atom. The largest absolute Gasteiger partial charge is 0.497 e. The first-order chi connectivity index (χ1) is 6.79. The lowest BCUT2D eigenvalue weighted by atomic mass is 10.1. The van der Waals surface area contributed by atoms with Crippen LogP contribution < -0.4 is 5.32 Å². The Bertz CT molecular complexity index is 204. The second-order valence-electron chi connectivity index (χ2n) is 3.41. The van der Waals surface area contributed by atoms with Crippen LogP contribution in [0.15, 0.2) is 12.3 Å². The van der Waals surface area contributed by atoms with E-state index in [1.807, 2.05) is 6.08 Å². The van der Waals surface area contributed by atoms with Crippen LogP contribution in [0.3, 0.4) is 0 Å². The van der Waals surface area contributed by atoms with E-state index in [4.69, 9.17) is 9.84 Å². The molecule has 2 N–H and O–H groups in total. The highest BCUT2D eigenvalue weighted by molar-refractivity contribution is 5.66. The van der Waals surface area contributed by atoms with Gasteiger partial charge in [0.15, 0.2) is 0 Å². The lowest BCUT2D eigenvalue weighted by Crippen LogP contribution is -2.29. The van der Waals surface area contributed by atoms with Gasteiger partial charge in [0, 0.05) is 13.0 Å². The maximum atomic E-state index is 10.2. The minimum Gasteiger partial charge on any atom is -0.497 e. The predicted molar refractivity (Wildman–Crippen MR) is 53.0 cm³/mol. The van der Waals surface area contributed by atoms with Gasteiger partial charge in [0.1, 0.15) is 6.10 Å². The van der Waals surface area contributed by atoms with Gasteiger partial charge in [0.05, 0.1) is 6.26 Å². The van der Waals surface area contributed by atoms with Gasteiger partial charge >= 0.3 is 5.97 Å². The molecule has 0 aliphatic carbocycles. The fourth-order valence-corrected chi connectivity index (χ4v) is 1.36. The Kier molecular flexibility index (Phi) is 5.07. The molecule has 1 rings (SSSR count). The molecular weight excluding hydrogens is 182 g/mol. The summed E-state index contributed by atoms with van der Waals surface area (Å²) in [7, 11) is 0. The first-order valence-electron chi connectivity index (χ1n) is 5.02. The molecule has 0 aromatic heterocycles. The van der Waals surface area contributed by atoms with Gasteiger partial charge in [0.2, 0.25) is 0 Å². The summed E-state index contributed by atoms with van der Waals surface area (Å²) in [5, 5.41) is 11.6. The van der Waals surface area contributed by atoms with E-state index in [0.717, 1.165) is 25.9 Å². The van der Waals surface area contributed by atoms with Crippen LogP contribution in [0.5, 0.6) is 0 Å². The van der Waals surface area contributed by atoms with E-state index < -0.39 is 5.97 Å². The maximum absolute atomic E-state index is 10.2. The molecule has 4 nitrogen and oxygen atoms in total. The SMILES string of the molecule is O=C(O)CCCNCC1CCC=CO1. The normalized spacial score (nSPS) is 20.4. The fourth-order valence-electron chi connectivity index (χ4n) is 1.36. The zero-order valence-corrected chi connectivity index (χ0v) is 8.24. The smallest absolute Gasteiger partial charge is 0.303 e. The van der Waals surface area contributed by atoms with Gasteiger partial charge in [-0.05, 0) is 31.9 Å². The van der Waals surface area contributed by atoms with Crippen molar-refractivity contribution in [2.24, 2.45) is 0 Å². The van der Waals surface area contributed by atoms with Crippen molar-refractivity contribution < 1.29 is 14.6 Å². The van der Waals surface area contributed by atoms with Crippen molar-refractivity contribution >= 4 is 5.97 Å². The Labute approximate surface area is 83.9 Å². The van der Waals surface area contributed by atoms with Crippen LogP contribution in [0, 0.1) is 0 Å². The van der Waals surface area contributed by atoms with E-state index in [0.29, 0.717) is 6.42 Å². The Balaban J connectivity index is 1.93. The Morgan fingerprint density at radius 2 is 2.50 bits per heavy atom. The molecule has 1 aliphatic heterocycles. The number of carbonyl (C=O) groups is 1. The molecule has 14 heavy (non-hydrogen) atoms. The minimum atomic E-state index is -0.733. The summed E-state index contributed by atoms with van der Waals surface area (Å²) in [6.07, 6.45) is 7.04. The van der Waals surface area contributed by atoms with Gasteiger partial charge < -0.3 is 15.2 Å². The Morgan fingerprint density at radius 1 is 1.64 bits per heavy atom. The number of allylic oxidation sites excluding steroid dienone is 1. The van der Waals surface area contributed by atoms with Gasteiger partial charge in [-0.15, -0.1) is 0 Å². The number of nitrogens with one attached hydrogen (secondary N) is 1. The zero-order valence-electron chi connectivity index (χ0n) is 8.24. The summed E-state index contributed by atoms with van der Waals surface area (Å²) in [4.78, 5) is 10.2. The van der Waals surface area contributed by atoms with Crippen LogP contribution in [0.2, 0.25) is 0 Å². The number of hydrogen-bond donors (Lipinski definition) is 2. The highest BCUT2D eigenvalue weighted by Crippen LogP contribution is 2.08. The second-order valence-corrected chi connectivity index (χ2v) is 3.41. The fraction of sp³-hybridized carbons (Fsp3) is 0.700. The third-order valence-electron chi connectivity index (χ3n) is 2.14. The number of carboxylic acids is 1. The van der Waals surface area contributed by atoms with Crippen molar-refractivity contribution in [3.8, 4) is 0 Å². The zero-order chi connectivity index (χ0) is 10.2. The summed E-state index contributed by atoms with van der Waals surface area (Å²) in [5.74, 6) is -0.733. The monoisotopic (exact) mass is 199 g/mol. The lowest BCUT2D eigenvalue weighted by Gasteiger charge is -2.19. The van der Waals surface area contributed by atoms with E-state index in [9.17, 15) is 4.79 Å². The van der Waals surface area contributed by atoms with E-state index >= 15 is 0 Å². The van der Waals surface area contributed by atoms with Crippen LogP contribution in [0.1, 0.15) is 25.7 Å². The molecule has 1 heterocycles. The van der Waals surface area contributed by atoms with Gasteiger partial charge in [-0.3, -0.25) is 4.79 Å². The molecule has 0 radical (unpaired) electrons. The third-order valence-corrected chi connectivity index (χ3v) is 2.14. The highest BCUT2D eigenvalue weighted by atomic mass is 16.5. The van der Waals surface area contributed by atoms with Crippen molar-refractivity contribution in [2.45, 2.75) is 31.8 Å². The molecule has 0 aromatic rings. The molecule has 1 unspecified atom stereocenters. The average Bonchev–Trinajstić information content (AvgIpc) is 2.18. The molecular formula is C10H17NO3. The lowest BCUT2D eigenvalue weighted by molar-refractivity contribution is -0.137. The van der Waals surface area contributed by atoms with Gasteiger partial charge in [-0.1, -0.05) is 0 Å². The molecule has 0 amide bonds. The molecule has 4 heteroatoms. The van der Waals surface area contributed by atoms with E-state index in [1.54, 1.807) is 6.26 Å². The molecule has 0 saturated heterocycles. The standard InChI is InChI=1S/C10H17NO3/c12-10(13)5-3-6-11-8-9-4-1-2-7-14-9/h2,7,9,11H,1,3-6,8H2,(H,12,13). The predicted octanol–water partition coefficient (Wildman–Crippen LogP) is 1.13. The summed E-state index contributed by atoms with van der Waals surface area (Å²) in [6, 6.07) is 0. The molecule has 0 aromatic carbocycles. The van der Waals surface area contributed by atoms with E-state index in [2.05, 4.69) is 5.32 Å². The molecule has 1 atom stereocenters. The molecule has 0 spiro atoms. The van der Waals surface area contributed by atoms with E-state index in [-0.39, 0.29) is 12.5 Å². The number of ether oxygens (including phenoxy) is 1.